The van der Waals surface area contributed by atoms with Crippen molar-refractivity contribution in [2.45, 2.75) is 52.5 Å². The Kier molecular flexibility index (Phi) is 4.39. The van der Waals surface area contributed by atoms with Crippen LogP contribution < -0.4 is 10.2 Å². The lowest BCUT2D eigenvalue weighted by atomic mass is 10.1. The van der Waals surface area contributed by atoms with Gasteiger partial charge >= 0.3 is 0 Å². The number of hydrogen-bond acceptors (Lipinski definition) is 4. The average Bonchev–Trinajstić information content (AvgIpc) is 2.57. The summed E-state index contributed by atoms with van der Waals surface area (Å²) in [5.74, 6) is 1.85. The van der Waals surface area contributed by atoms with Crippen LogP contribution >= 0.6 is 0 Å². The molecule has 1 unspecified atom stereocenters. The minimum atomic E-state index is 0.579. The molecule has 1 aliphatic rings. The lowest BCUT2D eigenvalue weighted by Crippen LogP contribution is -2.34. The van der Waals surface area contributed by atoms with E-state index in [-0.39, 0.29) is 0 Å². The van der Waals surface area contributed by atoms with Gasteiger partial charge in [0, 0.05) is 30.9 Å². The summed E-state index contributed by atoms with van der Waals surface area (Å²) in [7, 11) is 0. The Labute approximate surface area is 110 Å². The monoisotopic (exact) mass is 248 g/mol. The Morgan fingerprint density at radius 3 is 3.00 bits per heavy atom. The fourth-order valence-corrected chi connectivity index (χ4v) is 2.56. The smallest absolute Gasteiger partial charge is 0.224 e. The number of aromatic nitrogens is 2. The maximum atomic E-state index is 4.68. The Morgan fingerprint density at radius 2 is 2.22 bits per heavy atom. The van der Waals surface area contributed by atoms with Crippen LogP contribution in [-0.2, 0) is 0 Å². The van der Waals surface area contributed by atoms with Gasteiger partial charge in [-0.25, -0.2) is 4.98 Å². The fourth-order valence-electron chi connectivity index (χ4n) is 2.56. The fraction of sp³-hybridized carbons (Fsp3) is 0.714. The molecule has 1 aromatic heterocycles. The number of aryl methyl sites for hydroxylation is 1. The highest BCUT2D eigenvalue weighted by atomic mass is 15.2. The third kappa shape index (κ3) is 2.92. The summed E-state index contributed by atoms with van der Waals surface area (Å²) in [6.07, 6.45) is 7.13. The zero-order valence-corrected chi connectivity index (χ0v) is 11.7. The second-order valence-corrected chi connectivity index (χ2v) is 5.12. The molecule has 1 aliphatic heterocycles. The molecule has 2 rings (SSSR count). The van der Waals surface area contributed by atoms with E-state index < -0.39 is 0 Å². The van der Waals surface area contributed by atoms with Gasteiger partial charge in [-0.15, -0.1) is 0 Å². The second kappa shape index (κ2) is 6.03. The molecule has 0 spiro atoms. The molecule has 0 aliphatic carbocycles. The van der Waals surface area contributed by atoms with Crippen LogP contribution in [-0.4, -0.2) is 29.1 Å². The first-order chi connectivity index (χ1) is 8.72. The standard InChI is InChI=1S/C14H24N4/c1-4-15-14-16-10-11(2)13(17-14)18-9-7-5-6-8-12(18)3/h10,12H,4-9H2,1-3H3,(H,15,16,17). The molecule has 0 aromatic carbocycles. The van der Waals surface area contributed by atoms with Crippen molar-refractivity contribution in [2.75, 3.05) is 23.3 Å². The first-order valence-electron chi connectivity index (χ1n) is 7.06. The highest BCUT2D eigenvalue weighted by Crippen LogP contribution is 2.25. The molecule has 4 nitrogen and oxygen atoms in total. The Bertz CT molecular complexity index is 391. The van der Waals surface area contributed by atoms with Crippen molar-refractivity contribution in [1.29, 1.82) is 0 Å². The number of rotatable bonds is 3. The summed E-state index contributed by atoms with van der Waals surface area (Å²) in [5, 5.41) is 3.20. The van der Waals surface area contributed by atoms with E-state index in [0.717, 1.165) is 24.9 Å². The first kappa shape index (κ1) is 13.1. The van der Waals surface area contributed by atoms with Gasteiger partial charge in [-0.1, -0.05) is 12.8 Å². The van der Waals surface area contributed by atoms with Crippen molar-refractivity contribution in [2.24, 2.45) is 0 Å². The molecule has 1 fully saturated rings. The van der Waals surface area contributed by atoms with Crippen LogP contribution in [0.25, 0.3) is 0 Å². The van der Waals surface area contributed by atoms with Crippen LogP contribution in [0.5, 0.6) is 0 Å². The Balaban J connectivity index is 2.26. The lowest BCUT2D eigenvalue weighted by Gasteiger charge is -2.29. The Hall–Kier alpha value is -1.32. The molecular formula is C14H24N4. The molecule has 0 amide bonds. The van der Waals surface area contributed by atoms with Crippen molar-refractivity contribution in [3.63, 3.8) is 0 Å². The molecule has 18 heavy (non-hydrogen) atoms. The van der Waals surface area contributed by atoms with Gasteiger partial charge in [-0.3, -0.25) is 0 Å². The van der Waals surface area contributed by atoms with Gasteiger partial charge < -0.3 is 10.2 Å². The van der Waals surface area contributed by atoms with Crippen LogP contribution in [0.3, 0.4) is 0 Å². The number of anilines is 2. The highest BCUT2D eigenvalue weighted by Gasteiger charge is 2.20. The van der Waals surface area contributed by atoms with E-state index in [2.05, 4.69) is 41.0 Å². The number of hydrogen-bond donors (Lipinski definition) is 1. The maximum absolute atomic E-state index is 4.68. The summed E-state index contributed by atoms with van der Waals surface area (Å²) in [4.78, 5) is 11.5. The maximum Gasteiger partial charge on any atom is 0.224 e. The van der Waals surface area contributed by atoms with E-state index in [1.165, 1.54) is 31.2 Å². The van der Waals surface area contributed by atoms with E-state index in [9.17, 15) is 0 Å². The molecule has 1 N–H and O–H groups in total. The second-order valence-electron chi connectivity index (χ2n) is 5.12. The molecule has 1 saturated heterocycles. The van der Waals surface area contributed by atoms with Crippen molar-refractivity contribution < 1.29 is 0 Å². The third-order valence-corrected chi connectivity index (χ3v) is 3.60. The van der Waals surface area contributed by atoms with E-state index >= 15 is 0 Å². The molecular weight excluding hydrogens is 224 g/mol. The molecule has 0 radical (unpaired) electrons. The third-order valence-electron chi connectivity index (χ3n) is 3.60. The normalized spacial score (nSPS) is 20.6. The topological polar surface area (TPSA) is 41.1 Å². The van der Waals surface area contributed by atoms with E-state index in [1.807, 2.05) is 6.20 Å². The number of nitrogens with zero attached hydrogens (tertiary/aromatic N) is 3. The predicted molar refractivity (Wildman–Crippen MR) is 76.2 cm³/mol. The molecule has 4 heteroatoms. The average molecular weight is 248 g/mol. The van der Waals surface area contributed by atoms with Gasteiger partial charge in [0.15, 0.2) is 0 Å². The van der Waals surface area contributed by atoms with Crippen LogP contribution in [0, 0.1) is 6.92 Å². The number of nitrogens with one attached hydrogen (secondary N) is 1. The van der Waals surface area contributed by atoms with Gasteiger partial charge in [0.25, 0.3) is 0 Å². The molecule has 100 valence electrons. The summed E-state index contributed by atoms with van der Waals surface area (Å²) in [5.41, 5.74) is 1.17. The molecule has 2 heterocycles. The molecule has 1 atom stereocenters. The minimum absolute atomic E-state index is 0.579. The van der Waals surface area contributed by atoms with Gasteiger partial charge in [-0.2, -0.15) is 4.98 Å². The largest absolute Gasteiger partial charge is 0.354 e. The molecule has 1 aromatic rings. The highest BCUT2D eigenvalue weighted by molar-refractivity contribution is 5.49. The summed E-state index contributed by atoms with van der Waals surface area (Å²) >= 11 is 0. The van der Waals surface area contributed by atoms with Crippen molar-refractivity contribution >= 4 is 11.8 Å². The first-order valence-corrected chi connectivity index (χ1v) is 7.06. The van der Waals surface area contributed by atoms with Crippen molar-refractivity contribution in [3.8, 4) is 0 Å². The van der Waals surface area contributed by atoms with Crippen LogP contribution in [0.4, 0.5) is 11.8 Å². The lowest BCUT2D eigenvalue weighted by molar-refractivity contribution is 0.609. The zero-order chi connectivity index (χ0) is 13.0. The van der Waals surface area contributed by atoms with E-state index in [0.29, 0.717) is 6.04 Å². The zero-order valence-electron chi connectivity index (χ0n) is 11.7. The van der Waals surface area contributed by atoms with E-state index in [1.54, 1.807) is 0 Å². The summed E-state index contributed by atoms with van der Waals surface area (Å²) < 4.78 is 0. The Morgan fingerprint density at radius 1 is 1.39 bits per heavy atom. The predicted octanol–water partition coefficient (Wildman–Crippen LogP) is 2.99. The SMILES string of the molecule is CCNc1ncc(C)c(N2CCCCCC2C)n1. The van der Waals surface area contributed by atoms with Gasteiger partial charge in [0.1, 0.15) is 5.82 Å². The van der Waals surface area contributed by atoms with Crippen LogP contribution in [0.15, 0.2) is 6.20 Å². The van der Waals surface area contributed by atoms with Gasteiger partial charge in [0.2, 0.25) is 5.95 Å². The van der Waals surface area contributed by atoms with Crippen molar-refractivity contribution in [3.05, 3.63) is 11.8 Å². The van der Waals surface area contributed by atoms with Gasteiger partial charge in [-0.05, 0) is 33.6 Å². The van der Waals surface area contributed by atoms with Gasteiger partial charge in [0.05, 0.1) is 0 Å². The molecule has 0 saturated carbocycles. The van der Waals surface area contributed by atoms with E-state index in [4.69, 9.17) is 0 Å². The summed E-state index contributed by atoms with van der Waals surface area (Å²) in [6, 6.07) is 0.579. The van der Waals surface area contributed by atoms with Crippen molar-refractivity contribution in [1.82, 2.24) is 9.97 Å². The van der Waals surface area contributed by atoms with Crippen LogP contribution in [0.1, 0.15) is 45.1 Å². The van der Waals surface area contributed by atoms with Crippen LogP contribution in [0.2, 0.25) is 0 Å². The summed E-state index contributed by atoms with van der Waals surface area (Å²) in [6.45, 7) is 8.45. The minimum Gasteiger partial charge on any atom is -0.354 e. The quantitative estimate of drug-likeness (QED) is 0.893. The molecule has 0 bridgehead atoms.